The highest BCUT2D eigenvalue weighted by Crippen LogP contribution is 2.33. The van der Waals surface area contributed by atoms with Crippen molar-refractivity contribution in [1.29, 1.82) is 0 Å². The monoisotopic (exact) mass is 496 g/mol. The quantitative estimate of drug-likeness (QED) is 0.459. The predicted molar refractivity (Wildman–Crippen MR) is 111 cm³/mol. The molecule has 0 aliphatic carbocycles. The lowest BCUT2D eigenvalue weighted by molar-refractivity contribution is -0.137. The second-order valence-electron chi connectivity index (χ2n) is 6.78. The summed E-state index contributed by atoms with van der Waals surface area (Å²) in [7, 11) is 0. The molecule has 2 aromatic carbocycles. The van der Waals surface area contributed by atoms with Crippen LogP contribution < -0.4 is 0 Å². The Morgan fingerprint density at radius 3 is 2.70 bits per heavy atom. The molecule has 0 radical (unpaired) electrons. The van der Waals surface area contributed by atoms with Crippen LogP contribution in [0.5, 0.6) is 0 Å². The number of nitrogens with zero attached hydrogens (tertiary/aromatic N) is 2. The topological polar surface area (TPSA) is 42.4 Å². The van der Waals surface area contributed by atoms with Crippen LogP contribution in [0, 0.1) is 0 Å². The number of rotatable bonds is 3. The number of benzene rings is 2. The number of halogens is 4. The first-order valence-electron chi connectivity index (χ1n) is 9.11. The molecule has 1 atom stereocenters. The van der Waals surface area contributed by atoms with Gasteiger partial charge in [-0.1, -0.05) is 40.2 Å². The molecule has 1 amide bonds. The maximum Gasteiger partial charge on any atom is 0.416 e. The van der Waals surface area contributed by atoms with E-state index in [1.807, 2.05) is 24.3 Å². The first-order valence-corrected chi connectivity index (χ1v) is 10.8. The van der Waals surface area contributed by atoms with Gasteiger partial charge < -0.3 is 9.64 Å². The molecule has 0 N–H and O–H groups in total. The Balaban J connectivity index is 1.51. The smallest absolute Gasteiger partial charge is 0.370 e. The minimum atomic E-state index is -4.43. The summed E-state index contributed by atoms with van der Waals surface area (Å²) in [5.41, 5.74) is 0.791. The maximum absolute atomic E-state index is 13.0. The summed E-state index contributed by atoms with van der Waals surface area (Å²) in [6.45, 7) is 1.22. The standard InChI is InChI=1S/C21H16BrF3N2O2S/c22-16-6-4-13(5-7-16)18-11-27(8-9-29-18)20(28)17-12-30-19(26-17)14-2-1-3-15(10-14)21(23,24)25/h1-7,10,12,18H,8-9,11H2. The molecular formula is C21H16BrF3N2O2S. The Kier molecular flexibility index (Phi) is 5.95. The van der Waals surface area contributed by atoms with Crippen LogP contribution in [-0.2, 0) is 10.9 Å². The maximum atomic E-state index is 13.0. The van der Waals surface area contributed by atoms with Crippen LogP contribution in [0.25, 0.3) is 10.6 Å². The van der Waals surface area contributed by atoms with E-state index in [9.17, 15) is 18.0 Å². The van der Waals surface area contributed by atoms with Crippen molar-refractivity contribution in [1.82, 2.24) is 9.88 Å². The average molecular weight is 497 g/mol. The fraction of sp³-hybridized carbons (Fsp3) is 0.238. The molecular weight excluding hydrogens is 481 g/mol. The van der Waals surface area contributed by atoms with Gasteiger partial charge in [-0.25, -0.2) is 4.98 Å². The molecule has 2 heterocycles. The van der Waals surface area contributed by atoms with Gasteiger partial charge >= 0.3 is 6.18 Å². The number of aromatic nitrogens is 1. The molecule has 4 nitrogen and oxygen atoms in total. The molecule has 1 fully saturated rings. The summed E-state index contributed by atoms with van der Waals surface area (Å²) < 4.78 is 45.7. The van der Waals surface area contributed by atoms with E-state index < -0.39 is 11.7 Å². The Morgan fingerprint density at radius 1 is 1.20 bits per heavy atom. The van der Waals surface area contributed by atoms with Gasteiger partial charge in [-0.05, 0) is 29.8 Å². The zero-order valence-electron chi connectivity index (χ0n) is 15.5. The third kappa shape index (κ3) is 4.58. The molecule has 156 valence electrons. The van der Waals surface area contributed by atoms with Crippen LogP contribution >= 0.6 is 27.3 Å². The van der Waals surface area contributed by atoms with Gasteiger partial charge in [-0.2, -0.15) is 13.2 Å². The summed E-state index contributed by atoms with van der Waals surface area (Å²) in [5, 5.41) is 1.96. The number of morpholine rings is 1. The molecule has 0 bridgehead atoms. The van der Waals surface area contributed by atoms with E-state index in [-0.39, 0.29) is 17.7 Å². The van der Waals surface area contributed by atoms with Gasteiger partial charge in [-0.15, -0.1) is 11.3 Å². The lowest BCUT2D eigenvalue weighted by Crippen LogP contribution is -2.42. The third-order valence-electron chi connectivity index (χ3n) is 4.76. The van der Waals surface area contributed by atoms with Crippen LogP contribution in [0.2, 0.25) is 0 Å². The highest BCUT2D eigenvalue weighted by molar-refractivity contribution is 9.10. The van der Waals surface area contributed by atoms with Crippen LogP contribution in [0.4, 0.5) is 13.2 Å². The van der Waals surface area contributed by atoms with Crippen molar-refractivity contribution in [3.63, 3.8) is 0 Å². The lowest BCUT2D eigenvalue weighted by atomic mass is 10.1. The Morgan fingerprint density at radius 2 is 1.97 bits per heavy atom. The van der Waals surface area contributed by atoms with Gasteiger partial charge in [0.2, 0.25) is 0 Å². The highest BCUT2D eigenvalue weighted by atomic mass is 79.9. The Bertz CT molecular complexity index is 1050. The van der Waals surface area contributed by atoms with Crippen LogP contribution in [0.3, 0.4) is 0 Å². The number of hydrogen-bond donors (Lipinski definition) is 0. The molecule has 1 saturated heterocycles. The molecule has 1 aromatic heterocycles. The molecule has 1 aliphatic heterocycles. The summed E-state index contributed by atoms with van der Waals surface area (Å²) in [5.74, 6) is -0.255. The molecule has 9 heteroatoms. The minimum Gasteiger partial charge on any atom is -0.370 e. The number of carbonyl (C=O) groups is 1. The molecule has 0 spiro atoms. The summed E-state index contributed by atoms with van der Waals surface area (Å²) in [6, 6.07) is 12.7. The van der Waals surface area contributed by atoms with Crippen molar-refractivity contribution >= 4 is 33.2 Å². The van der Waals surface area contributed by atoms with Crippen molar-refractivity contribution in [2.75, 3.05) is 19.7 Å². The molecule has 30 heavy (non-hydrogen) atoms. The fourth-order valence-electron chi connectivity index (χ4n) is 3.21. The van der Waals surface area contributed by atoms with Gasteiger partial charge in [0.05, 0.1) is 18.7 Å². The van der Waals surface area contributed by atoms with E-state index in [1.54, 1.807) is 16.3 Å². The van der Waals surface area contributed by atoms with Crippen LogP contribution in [0.15, 0.2) is 58.4 Å². The number of thiazole rings is 1. The summed E-state index contributed by atoms with van der Waals surface area (Å²) >= 11 is 4.55. The van der Waals surface area contributed by atoms with Gasteiger partial charge in [0, 0.05) is 22.0 Å². The SMILES string of the molecule is O=C(c1csc(-c2cccc(C(F)(F)F)c2)n1)N1CCOC(c2ccc(Br)cc2)C1. The molecule has 1 unspecified atom stereocenters. The zero-order chi connectivity index (χ0) is 21.3. The molecule has 3 aromatic rings. The van der Waals surface area contributed by atoms with Crippen LogP contribution in [-0.4, -0.2) is 35.5 Å². The van der Waals surface area contributed by atoms with E-state index in [4.69, 9.17) is 4.74 Å². The van der Waals surface area contributed by atoms with Crippen molar-refractivity contribution in [3.8, 4) is 10.6 Å². The van der Waals surface area contributed by atoms with E-state index in [2.05, 4.69) is 20.9 Å². The van der Waals surface area contributed by atoms with E-state index >= 15 is 0 Å². The average Bonchev–Trinajstić information content (AvgIpc) is 3.24. The van der Waals surface area contributed by atoms with Crippen molar-refractivity contribution in [3.05, 3.63) is 75.2 Å². The van der Waals surface area contributed by atoms with Gasteiger partial charge in [0.15, 0.2) is 0 Å². The minimum absolute atomic E-state index is 0.226. The molecule has 0 saturated carbocycles. The number of amides is 1. The summed E-state index contributed by atoms with van der Waals surface area (Å²) in [6.07, 6.45) is -4.67. The first kappa shape index (κ1) is 21.0. The normalized spacial score (nSPS) is 17.2. The van der Waals surface area contributed by atoms with Crippen molar-refractivity contribution in [2.24, 2.45) is 0 Å². The van der Waals surface area contributed by atoms with Crippen molar-refractivity contribution in [2.45, 2.75) is 12.3 Å². The second kappa shape index (κ2) is 8.49. The van der Waals surface area contributed by atoms with Gasteiger partial charge in [0.1, 0.15) is 16.8 Å². The first-order chi connectivity index (χ1) is 14.3. The summed E-state index contributed by atoms with van der Waals surface area (Å²) in [4.78, 5) is 18.9. The van der Waals surface area contributed by atoms with Gasteiger partial charge in [-0.3, -0.25) is 4.79 Å². The van der Waals surface area contributed by atoms with E-state index in [1.165, 1.54) is 6.07 Å². The fourth-order valence-corrected chi connectivity index (χ4v) is 4.26. The number of ether oxygens (including phenoxy) is 1. The molecule has 4 rings (SSSR count). The molecule has 1 aliphatic rings. The van der Waals surface area contributed by atoms with Crippen molar-refractivity contribution < 1.29 is 22.7 Å². The largest absolute Gasteiger partial charge is 0.416 e. The zero-order valence-corrected chi connectivity index (χ0v) is 17.9. The number of alkyl halides is 3. The Labute approximate surface area is 183 Å². The van der Waals surface area contributed by atoms with E-state index in [0.717, 1.165) is 33.5 Å². The highest BCUT2D eigenvalue weighted by Gasteiger charge is 2.31. The van der Waals surface area contributed by atoms with E-state index in [0.29, 0.717) is 30.3 Å². The Hall–Kier alpha value is -2.23. The lowest BCUT2D eigenvalue weighted by Gasteiger charge is -2.32. The number of hydrogen-bond acceptors (Lipinski definition) is 4. The van der Waals surface area contributed by atoms with Crippen LogP contribution in [0.1, 0.15) is 27.7 Å². The predicted octanol–water partition coefficient (Wildman–Crippen LogP) is 5.81. The second-order valence-corrected chi connectivity index (χ2v) is 8.55. The van der Waals surface area contributed by atoms with Gasteiger partial charge in [0.25, 0.3) is 5.91 Å². The number of carbonyl (C=O) groups excluding carboxylic acids is 1. The third-order valence-corrected chi connectivity index (χ3v) is 6.18.